The van der Waals surface area contributed by atoms with E-state index in [0.29, 0.717) is 0 Å². The molecule has 0 aromatic carbocycles. The molecule has 0 saturated heterocycles. The number of aryl methyl sites for hydroxylation is 1. The molecular weight excluding hydrogens is 294 g/mol. The van der Waals surface area contributed by atoms with Crippen LogP contribution in [-0.4, -0.2) is 52.6 Å². The summed E-state index contributed by atoms with van der Waals surface area (Å²) in [6, 6.07) is 3.72. The van der Waals surface area contributed by atoms with Crippen molar-refractivity contribution in [2.45, 2.75) is 19.8 Å². The Morgan fingerprint density at radius 2 is 1.87 bits per heavy atom. The molecule has 0 saturated carbocycles. The van der Waals surface area contributed by atoms with Crippen molar-refractivity contribution in [3.63, 3.8) is 0 Å². The highest BCUT2D eigenvalue weighted by Gasteiger charge is 2.18. The molecule has 2 amide bonds. The fourth-order valence-electron chi connectivity index (χ4n) is 2.14. The molecule has 0 aliphatic carbocycles. The van der Waals surface area contributed by atoms with Crippen molar-refractivity contribution in [1.82, 2.24) is 19.7 Å². The van der Waals surface area contributed by atoms with Gasteiger partial charge in [-0.2, -0.15) is 5.10 Å². The summed E-state index contributed by atoms with van der Waals surface area (Å²) >= 11 is 0. The van der Waals surface area contributed by atoms with E-state index in [9.17, 15) is 9.59 Å². The van der Waals surface area contributed by atoms with Gasteiger partial charge in [-0.1, -0.05) is 0 Å². The van der Waals surface area contributed by atoms with Gasteiger partial charge in [0.05, 0.1) is 29.5 Å². The summed E-state index contributed by atoms with van der Waals surface area (Å²) in [7, 11) is 5.05. The fourth-order valence-corrected chi connectivity index (χ4v) is 2.14. The van der Waals surface area contributed by atoms with Crippen LogP contribution in [0, 0.1) is 6.92 Å². The molecule has 2 heterocycles. The first kappa shape index (κ1) is 16.7. The van der Waals surface area contributed by atoms with Gasteiger partial charge in [0.15, 0.2) is 0 Å². The quantitative estimate of drug-likeness (QED) is 0.836. The van der Waals surface area contributed by atoms with Crippen molar-refractivity contribution in [3.8, 4) is 5.69 Å². The van der Waals surface area contributed by atoms with Crippen molar-refractivity contribution in [2.24, 2.45) is 0 Å². The number of hydrogen-bond acceptors (Lipinski definition) is 4. The van der Waals surface area contributed by atoms with E-state index in [-0.39, 0.29) is 24.7 Å². The minimum absolute atomic E-state index is 0.0606. The maximum Gasteiger partial charge on any atom is 0.227 e. The second-order valence-electron chi connectivity index (χ2n) is 5.50. The molecule has 0 aliphatic rings. The Bertz CT molecular complexity index is 694. The van der Waals surface area contributed by atoms with Gasteiger partial charge in [0.25, 0.3) is 0 Å². The Hall–Kier alpha value is -2.70. The zero-order valence-corrected chi connectivity index (χ0v) is 13.9. The first-order chi connectivity index (χ1) is 10.9. The average molecular weight is 315 g/mol. The third-order valence-corrected chi connectivity index (χ3v) is 3.57. The Kier molecular flexibility index (Phi) is 5.10. The standard InChI is InChI=1S/C16H21N5O2/c1-12-14(11-21(18-12)13-6-5-9-17-10-13)20(4)16(23)8-7-15(22)19(2)3/h5-6,9-11H,7-8H2,1-4H3. The minimum Gasteiger partial charge on any atom is -0.349 e. The molecule has 0 aliphatic heterocycles. The van der Waals surface area contributed by atoms with Gasteiger partial charge in [0.2, 0.25) is 11.8 Å². The van der Waals surface area contributed by atoms with Crippen molar-refractivity contribution < 1.29 is 9.59 Å². The number of hydrogen-bond donors (Lipinski definition) is 0. The number of carbonyl (C=O) groups excluding carboxylic acids is 2. The Balaban J connectivity index is 2.10. The van der Waals surface area contributed by atoms with Crippen LogP contribution in [0.2, 0.25) is 0 Å². The van der Waals surface area contributed by atoms with Gasteiger partial charge in [-0.05, 0) is 19.1 Å². The van der Waals surface area contributed by atoms with Crippen LogP contribution in [0.25, 0.3) is 5.69 Å². The smallest absolute Gasteiger partial charge is 0.227 e. The summed E-state index contributed by atoms with van der Waals surface area (Å²) in [5.41, 5.74) is 2.28. The van der Waals surface area contributed by atoms with E-state index in [2.05, 4.69) is 10.1 Å². The van der Waals surface area contributed by atoms with Crippen molar-refractivity contribution >= 4 is 17.5 Å². The number of nitrogens with zero attached hydrogens (tertiary/aromatic N) is 5. The number of carbonyl (C=O) groups is 2. The van der Waals surface area contributed by atoms with Gasteiger partial charge in [-0.3, -0.25) is 14.6 Å². The van der Waals surface area contributed by atoms with Gasteiger partial charge in [0.1, 0.15) is 0 Å². The molecule has 0 radical (unpaired) electrons. The van der Waals surface area contributed by atoms with Gasteiger partial charge in [-0.15, -0.1) is 0 Å². The summed E-state index contributed by atoms with van der Waals surface area (Å²) in [6.45, 7) is 1.84. The van der Waals surface area contributed by atoms with Crippen LogP contribution in [0.5, 0.6) is 0 Å². The summed E-state index contributed by atoms with van der Waals surface area (Å²) < 4.78 is 1.69. The van der Waals surface area contributed by atoms with E-state index in [1.807, 2.05) is 19.1 Å². The first-order valence-electron chi connectivity index (χ1n) is 7.33. The van der Waals surface area contributed by atoms with Crippen molar-refractivity contribution in [2.75, 3.05) is 26.0 Å². The second kappa shape index (κ2) is 7.04. The maximum absolute atomic E-state index is 12.3. The van der Waals surface area contributed by atoms with Crippen LogP contribution < -0.4 is 4.90 Å². The molecule has 0 atom stereocenters. The van der Waals surface area contributed by atoms with Gasteiger partial charge >= 0.3 is 0 Å². The SMILES string of the molecule is Cc1nn(-c2cccnc2)cc1N(C)C(=O)CCC(=O)N(C)C. The molecule has 0 fully saturated rings. The van der Waals surface area contributed by atoms with Gasteiger partial charge in [0, 0.05) is 40.2 Å². The van der Waals surface area contributed by atoms with Crippen molar-refractivity contribution in [1.29, 1.82) is 0 Å². The topological polar surface area (TPSA) is 71.3 Å². The third kappa shape index (κ3) is 3.94. The molecule has 122 valence electrons. The Morgan fingerprint density at radius 3 is 2.48 bits per heavy atom. The molecular formula is C16H21N5O2. The van der Waals surface area contributed by atoms with Crippen LogP contribution in [0.3, 0.4) is 0 Å². The maximum atomic E-state index is 12.3. The zero-order chi connectivity index (χ0) is 17.0. The molecule has 0 N–H and O–H groups in total. The summed E-state index contributed by atoms with van der Waals surface area (Å²) in [4.78, 5) is 31.0. The average Bonchev–Trinajstić information content (AvgIpc) is 2.94. The Labute approximate surface area is 135 Å². The van der Waals surface area contributed by atoms with E-state index < -0.39 is 0 Å². The summed E-state index contributed by atoms with van der Waals surface area (Å²) in [6.07, 6.45) is 5.56. The first-order valence-corrected chi connectivity index (χ1v) is 7.33. The lowest BCUT2D eigenvalue weighted by Crippen LogP contribution is -2.29. The normalized spacial score (nSPS) is 10.4. The lowest BCUT2D eigenvalue weighted by Gasteiger charge is -2.16. The molecule has 0 bridgehead atoms. The molecule has 2 rings (SSSR count). The number of rotatable bonds is 5. The molecule has 7 heteroatoms. The third-order valence-electron chi connectivity index (χ3n) is 3.57. The lowest BCUT2D eigenvalue weighted by molar-refractivity contribution is -0.130. The number of anilines is 1. The van der Waals surface area contributed by atoms with E-state index in [1.54, 1.807) is 44.4 Å². The van der Waals surface area contributed by atoms with Crippen LogP contribution in [0.1, 0.15) is 18.5 Å². The number of amides is 2. The predicted octanol–water partition coefficient (Wildman–Crippen LogP) is 1.41. The van der Waals surface area contributed by atoms with Crippen LogP contribution in [0.4, 0.5) is 5.69 Å². The van der Waals surface area contributed by atoms with E-state index in [4.69, 9.17) is 0 Å². The highest BCUT2D eigenvalue weighted by molar-refractivity contribution is 5.95. The highest BCUT2D eigenvalue weighted by atomic mass is 16.2. The molecule has 0 unspecified atom stereocenters. The molecule has 7 nitrogen and oxygen atoms in total. The zero-order valence-electron chi connectivity index (χ0n) is 13.9. The Morgan fingerprint density at radius 1 is 1.17 bits per heavy atom. The van der Waals surface area contributed by atoms with E-state index in [1.165, 1.54) is 9.80 Å². The highest BCUT2D eigenvalue weighted by Crippen LogP contribution is 2.20. The van der Waals surface area contributed by atoms with E-state index >= 15 is 0 Å². The monoisotopic (exact) mass is 315 g/mol. The molecule has 23 heavy (non-hydrogen) atoms. The van der Waals surface area contributed by atoms with Gasteiger partial charge in [-0.25, -0.2) is 4.68 Å². The largest absolute Gasteiger partial charge is 0.349 e. The van der Waals surface area contributed by atoms with Crippen LogP contribution >= 0.6 is 0 Å². The number of pyridine rings is 1. The van der Waals surface area contributed by atoms with E-state index in [0.717, 1.165) is 17.1 Å². The molecule has 2 aromatic rings. The lowest BCUT2D eigenvalue weighted by atomic mass is 10.2. The summed E-state index contributed by atoms with van der Waals surface area (Å²) in [5.74, 6) is -0.177. The fraction of sp³-hybridized carbons (Fsp3) is 0.375. The predicted molar refractivity (Wildman–Crippen MR) is 87.4 cm³/mol. The van der Waals surface area contributed by atoms with Crippen LogP contribution in [-0.2, 0) is 9.59 Å². The van der Waals surface area contributed by atoms with Crippen molar-refractivity contribution in [3.05, 3.63) is 36.4 Å². The molecule has 2 aromatic heterocycles. The minimum atomic E-state index is -0.117. The molecule has 0 spiro atoms. The van der Waals surface area contributed by atoms with Gasteiger partial charge < -0.3 is 9.80 Å². The second-order valence-corrected chi connectivity index (χ2v) is 5.50. The summed E-state index contributed by atoms with van der Waals surface area (Å²) in [5, 5.41) is 4.42. The number of aromatic nitrogens is 3. The van der Waals surface area contributed by atoms with Crippen LogP contribution in [0.15, 0.2) is 30.7 Å².